The molecule has 3 rings (SSSR count). The zero-order valence-corrected chi connectivity index (χ0v) is 11.1. The van der Waals surface area contributed by atoms with Crippen LogP contribution in [0.5, 0.6) is 5.75 Å². The van der Waals surface area contributed by atoms with Crippen LogP contribution in [0, 0.1) is 5.41 Å². The van der Waals surface area contributed by atoms with Crippen molar-refractivity contribution in [3.8, 4) is 5.75 Å². The zero-order valence-electron chi connectivity index (χ0n) is 11.1. The Morgan fingerprint density at radius 1 is 1.33 bits per heavy atom. The number of aliphatic hydroxyl groups is 1. The van der Waals surface area contributed by atoms with E-state index in [9.17, 15) is 5.11 Å². The van der Waals surface area contributed by atoms with Crippen molar-refractivity contribution in [1.82, 2.24) is 0 Å². The van der Waals surface area contributed by atoms with Crippen molar-refractivity contribution in [3.63, 3.8) is 0 Å². The summed E-state index contributed by atoms with van der Waals surface area (Å²) < 4.78 is 5.53. The molecule has 1 N–H and O–H groups in total. The molecule has 0 radical (unpaired) electrons. The van der Waals surface area contributed by atoms with E-state index in [1.165, 1.54) is 16.7 Å². The monoisotopic (exact) mass is 244 g/mol. The van der Waals surface area contributed by atoms with E-state index in [0.29, 0.717) is 0 Å². The smallest absolute Gasteiger partial charge is 0.122 e. The first kappa shape index (κ1) is 11.8. The fourth-order valence-corrected chi connectivity index (χ4v) is 3.09. The molecule has 2 nitrogen and oxygen atoms in total. The van der Waals surface area contributed by atoms with Gasteiger partial charge in [0, 0.05) is 6.42 Å². The fraction of sp³-hybridized carbons (Fsp3) is 0.500. The van der Waals surface area contributed by atoms with E-state index in [1.807, 2.05) is 6.08 Å². The van der Waals surface area contributed by atoms with Gasteiger partial charge in [0.15, 0.2) is 0 Å². The van der Waals surface area contributed by atoms with Gasteiger partial charge >= 0.3 is 0 Å². The van der Waals surface area contributed by atoms with Gasteiger partial charge in [-0.05, 0) is 47.1 Å². The number of ether oxygens (including phenoxy) is 1. The van der Waals surface area contributed by atoms with Crippen LogP contribution in [0.4, 0.5) is 0 Å². The van der Waals surface area contributed by atoms with Gasteiger partial charge in [-0.25, -0.2) is 0 Å². The number of aliphatic hydroxyl groups excluding tert-OH is 1. The van der Waals surface area contributed by atoms with Crippen LogP contribution in [0.15, 0.2) is 24.3 Å². The zero-order chi connectivity index (χ0) is 12.8. The average molecular weight is 244 g/mol. The molecule has 1 aromatic rings. The van der Waals surface area contributed by atoms with Crippen molar-refractivity contribution in [2.24, 2.45) is 5.41 Å². The first-order chi connectivity index (χ1) is 8.53. The number of hydrogen-bond acceptors (Lipinski definition) is 2. The van der Waals surface area contributed by atoms with E-state index >= 15 is 0 Å². The predicted molar refractivity (Wildman–Crippen MR) is 72.6 cm³/mol. The highest BCUT2D eigenvalue weighted by molar-refractivity contribution is 5.69. The Hall–Kier alpha value is -1.28. The third-order valence-electron chi connectivity index (χ3n) is 3.88. The highest BCUT2D eigenvalue weighted by Crippen LogP contribution is 2.40. The van der Waals surface area contributed by atoms with Gasteiger partial charge in [-0.3, -0.25) is 0 Å². The molecular formula is C16H20O2. The Bertz CT molecular complexity index is 500. The highest BCUT2D eigenvalue weighted by atomic mass is 16.5. The average Bonchev–Trinajstić information content (AvgIpc) is 2.72. The Kier molecular flexibility index (Phi) is 2.70. The van der Waals surface area contributed by atoms with E-state index in [4.69, 9.17) is 4.74 Å². The molecule has 2 heteroatoms. The van der Waals surface area contributed by atoms with Crippen molar-refractivity contribution in [2.45, 2.75) is 39.2 Å². The molecule has 96 valence electrons. The second-order valence-electron chi connectivity index (χ2n) is 6.23. The maximum absolute atomic E-state index is 9.97. The van der Waals surface area contributed by atoms with Crippen LogP contribution in [0.25, 0.3) is 5.57 Å². The molecule has 1 aromatic carbocycles. The van der Waals surface area contributed by atoms with Gasteiger partial charge in [-0.15, -0.1) is 0 Å². The summed E-state index contributed by atoms with van der Waals surface area (Å²) >= 11 is 0. The van der Waals surface area contributed by atoms with Gasteiger partial charge in [-0.2, -0.15) is 0 Å². The van der Waals surface area contributed by atoms with Crippen molar-refractivity contribution in [3.05, 3.63) is 35.4 Å². The van der Waals surface area contributed by atoms with Crippen molar-refractivity contribution < 1.29 is 9.84 Å². The van der Waals surface area contributed by atoms with E-state index < -0.39 is 0 Å². The summed E-state index contributed by atoms with van der Waals surface area (Å²) in [6.45, 7) is 5.24. The summed E-state index contributed by atoms with van der Waals surface area (Å²) in [7, 11) is 0. The van der Waals surface area contributed by atoms with Crippen LogP contribution < -0.4 is 4.74 Å². The summed E-state index contributed by atoms with van der Waals surface area (Å²) in [6, 6.07) is 6.40. The molecule has 0 aromatic heterocycles. The van der Waals surface area contributed by atoms with Gasteiger partial charge in [-0.1, -0.05) is 26.0 Å². The number of rotatable bonds is 1. The minimum atomic E-state index is -0.312. The number of hydrogen-bond donors (Lipinski definition) is 1. The second-order valence-corrected chi connectivity index (χ2v) is 6.23. The molecular weight excluding hydrogens is 224 g/mol. The molecule has 1 aliphatic carbocycles. The molecule has 1 atom stereocenters. The predicted octanol–water partition coefficient (Wildman–Crippen LogP) is 3.19. The molecule has 1 heterocycles. The molecule has 0 amide bonds. The summed E-state index contributed by atoms with van der Waals surface area (Å²) in [4.78, 5) is 0. The maximum atomic E-state index is 9.97. The Labute approximate surface area is 108 Å². The standard InChI is InChI=1S/C16H20O2/c1-16(2)9-13(8-14(17)10-16)11-3-4-15-12(7-11)5-6-18-15/h3-4,7-8,14,17H,5-6,9-10H2,1-2H3. The van der Waals surface area contributed by atoms with Crippen molar-refractivity contribution >= 4 is 5.57 Å². The number of fused-ring (bicyclic) bond motifs is 1. The molecule has 0 saturated heterocycles. The minimum Gasteiger partial charge on any atom is -0.493 e. The van der Waals surface area contributed by atoms with Gasteiger partial charge in [0.25, 0.3) is 0 Å². The molecule has 0 fully saturated rings. The quantitative estimate of drug-likeness (QED) is 0.822. The second kappa shape index (κ2) is 4.13. The molecule has 0 saturated carbocycles. The number of allylic oxidation sites excluding steroid dienone is 1. The van der Waals surface area contributed by atoms with Crippen LogP contribution in [0.1, 0.15) is 37.8 Å². The van der Waals surface area contributed by atoms with Crippen LogP contribution in [0.3, 0.4) is 0 Å². The number of benzene rings is 1. The summed E-state index contributed by atoms with van der Waals surface area (Å²) in [6.07, 6.45) is 4.59. The van der Waals surface area contributed by atoms with Crippen LogP contribution in [-0.2, 0) is 6.42 Å². The van der Waals surface area contributed by atoms with Crippen molar-refractivity contribution in [2.75, 3.05) is 6.61 Å². The third kappa shape index (κ3) is 2.17. The molecule has 18 heavy (non-hydrogen) atoms. The Morgan fingerprint density at radius 2 is 2.17 bits per heavy atom. The summed E-state index contributed by atoms with van der Waals surface area (Å²) in [5.41, 5.74) is 3.99. The van der Waals surface area contributed by atoms with Gasteiger partial charge in [0.05, 0.1) is 12.7 Å². The molecule has 0 bridgehead atoms. The largest absolute Gasteiger partial charge is 0.493 e. The maximum Gasteiger partial charge on any atom is 0.122 e. The molecule has 2 aliphatic rings. The van der Waals surface area contributed by atoms with Gasteiger partial charge in [0.1, 0.15) is 5.75 Å². The van der Waals surface area contributed by atoms with E-state index in [0.717, 1.165) is 31.6 Å². The fourth-order valence-electron chi connectivity index (χ4n) is 3.09. The lowest BCUT2D eigenvalue weighted by Crippen LogP contribution is -2.24. The first-order valence-electron chi connectivity index (χ1n) is 6.68. The minimum absolute atomic E-state index is 0.180. The van der Waals surface area contributed by atoms with Crippen LogP contribution >= 0.6 is 0 Å². The molecule has 1 aliphatic heterocycles. The lowest BCUT2D eigenvalue weighted by atomic mass is 9.74. The van der Waals surface area contributed by atoms with Crippen LogP contribution in [0.2, 0.25) is 0 Å². The summed E-state index contributed by atoms with van der Waals surface area (Å²) in [5.74, 6) is 1.02. The van der Waals surface area contributed by atoms with E-state index in [2.05, 4.69) is 32.0 Å². The van der Waals surface area contributed by atoms with E-state index in [-0.39, 0.29) is 11.5 Å². The Balaban J connectivity index is 1.95. The SMILES string of the molecule is CC1(C)CC(c2ccc3c(c2)CCO3)=CC(O)C1. The first-order valence-corrected chi connectivity index (χ1v) is 6.68. The van der Waals surface area contributed by atoms with Crippen LogP contribution in [-0.4, -0.2) is 17.8 Å². The molecule has 1 unspecified atom stereocenters. The normalized spacial score (nSPS) is 25.3. The summed E-state index contributed by atoms with van der Waals surface area (Å²) in [5, 5.41) is 9.97. The van der Waals surface area contributed by atoms with E-state index in [1.54, 1.807) is 0 Å². The van der Waals surface area contributed by atoms with Gasteiger partial charge in [0.2, 0.25) is 0 Å². The third-order valence-corrected chi connectivity index (χ3v) is 3.88. The Morgan fingerprint density at radius 3 is 2.94 bits per heavy atom. The highest BCUT2D eigenvalue weighted by Gasteiger charge is 2.28. The topological polar surface area (TPSA) is 29.5 Å². The van der Waals surface area contributed by atoms with Gasteiger partial charge < -0.3 is 9.84 Å². The molecule has 0 spiro atoms. The lowest BCUT2D eigenvalue weighted by molar-refractivity contribution is 0.146. The lowest BCUT2D eigenvalue weighted by Gasteiger charge is -2.32. The van der Waals surface area contributed by atoms with Crippen molar-refractivity contribution in [1.29, 1.82) is 0 Å².